The smallest absolute Gasteiger partial charge is 0.257 e. The Balaban J connectivity index is 1.72. The molecule has 28 heavy (non-hydrogen) atoms. The maximum Gasteiger partial charge on any atom is 0.257 e. The standard InChI is InChI=1S/C22H24N4O2/c1-4-26(15-17-8-6-5-7-9-17)21(27)18-13-23-22(24-14-18)25-19-12-16(2)10-11-20(19)28-3/h5-14H,4,15H2,1-3H3,(H,23,24,25). The average Bonchev–Trinajstić information content (AvgIpc) is 2.73. The Hall–Kier alpha value is -3.41. The molecule has 0 bridgehead atoms. The Morgan fingerprint density at radius 1 is 1.11 bits per heavy atom. The summed E-state index contributed by atoms with van der Waals surface area (Å²) in [5.41, 5.74) is 3.42. The van der Waals surface area contributed by atoms with Crippen molar-refractivity contribution in [2.45, 2.75) is 20.4 Å². The van der Waals surface area contributed by atoms with Crippen LogP contribution in [0.3, 0.4) is 0 Å². The second-order valence-electron chi connectivity index (χ2n) is 6.43. The number of aryl methyl sites for hydroxylation is 1. The highest BCUT2D eigenvalue weighted by molar-refractivity contribution is 5.93. The van der Waals surface area contributed by atoms with Crippen LogP contribution in [0, 0.1) is 6.92 Å². The predicted octanol–water partition coefficient (Wildman–Crippen LogP) is 4.20. The molecule has 3 aromatic rings. The third-order valence-corrected chi connectivity index (χ3v) is 4.39. The molecule has 0 aliphatic rings. The number of ether oxygens (including phenoxy) is 1. The molecule has 1 heterocycles. The number of benzene rings is 2. The third kappa shape index (κ3) is 4.65. The highest BCUT2D eigenvalue weighted by atomic mass is 16.5. The van der Waals surface area contributed by atoms with Crippen LogP contribution in [0.1, 0.15) is 28.4 Å². The molecule has 1 N–H and O–H groups in total. The molecule has 144 valence electrons. The number of hydrogen-bond acceptors (Lipinski definition) is 5. The Labute approximate surface area is 165 Å². The fourth-order valence-corrected chi connectivity index (χ4v) is 2.86. The fourth-order valence-electron chi connectivity index (χ4n) is 2.86. The SMILES string of the molecule is CCN(Cc1ccccc1)C(=O)c1cnc(Nc2cc(C)ccc2OC)nc1. The molecule has 0 fully saturated rings. The first-order valence-electron chi connectivity index (χ1n) is 9.17. The summed E-state index contributed by atoms with van der Waals surface area (Å²) in [6, 6.07) is 15.7. The zero-order valence-electron chi connectivity index (χ0n) is 16.3. The van der Waals surface area contributed by atoms with Gasteiger partial charge in [0.25, 0.3) is 5.91 Å². The molecule has 0 spiro atoms. The first kappa shape index (κ1) is 19.4. The van der Waals surface area contributed by atoms with E-state index in [1.807, 2.05) is 62.4 Å². The normalized spacial score (nSPS) is 10.4. The number of carbonyl (C=O) groups is 1. The van der Waals surface area contributed by atoms with E-state index in [0.717, 1.165) is 16.8 Å². The van der Waals surface area contributed by atoms with Gasteiger partial charge in [0.15, 0.2) is 0 Å². The van der Waals surface area contributed by atoms with Gasteiger partial charge in [-0.05, 0) is 37.1 Å². The zero-order valence-corrected chi connectivity index (χ0v) is 16.3. The van der Waals surface area contributed by atoms with Gasteiger partial charge in [-0.2, -0.15) is 0 Å². The molecule has 0 saturated heterocycles. The van der Waals surface area contributed by atoms with E-state index < -0.39 is 0 Å². The van der Waals surface area contributed by atoms with E-state index in [1.165, 1.54) is 0 Å². The molecule has 2 aromatic carbocycles. The minimum atomic E-state index is -0.0916. The topological polar surface area (TPSA) is 67.4 Å². The summed E-state index contributed by atoms with van der Waals surface area (Å²) in [6.45, 7) is 5.12. The van der Waals surface area contributed by atoms with Crippen LogP contribution in [0.15, 0.2) is 60.9 Å². The van der Waals surface area contributed by atoms with Gasteiger partial charge in [-0.15, -0.1) is 0 Å². The van der Waals surface area contributed by atoms with E-state index in [-0.39, 0.29) is 5.91 Å². The van der Waals surface area contributed by atoms with Crippen molar-refractivity contribution >= 4 is 17.5 Å². The number of methoxy groups -OCH3 is 1. The molecule has 0 aliphatic carbocycles. The summed E-state index contributed by atoms with van der Waals surface area (Å²) in [5.74, 6) is 1.02. The number of anilines is 2. The lowest BCUT2D eigenvalue weighted by atomic mass is 10.2. The molecule has 3 rings (SSSR count). The van der Waals surface area contributed by atoms with Crippen LogP contribution < -0.4 is 10.1 Å². The van der Waals surface area contributed by atoms with Crippen molar-refractivity contribution in [3.05, 3.63) is 77.6 Å². The van der Waals surface area contributed by atoms with E-state index in [9.17, 15) is 4.79 Å². The van der Waals surface area contributed by atoms with Gasteiger partial charge in [0.05, 0.1) is 18.4 Å². The van der Waals surface area contributed by atoms with Crippen LogP contribution in [0.5, 0.6) is 5.75 Å². The minimum Gasteiger partial charge on any atom is -0.495 e. The summed E-state index contributed by atoms with van der Waals surface area (Å²) in [5, 5.41) is 3.14. The minimum absolute atomic E-state index is 0.0916. The van der Waals surface area contributed by atoms with Gasteiger partial charge in [0, 0.05) is 25.5 Å². The first-order chi connectivity index (χ1) is 13.6. The average molecular weight is 376 g/mol. The molecular weight excluding hydrogens is 352 g/mol. The summed E-state index contributed by atoms with van der Waals surface area (Å²) < 4.78 is 5.36. The highest BCUT2D eigenvalue weighted by Gasteiger charge is 2.16. The van der Waals surface area contributed by atoms with Crippen LogP contribution >= 0.6 is 0 Å². The Morgan fingerprint density at radius 2 is 1.82 bits per heavy atom. The van der Waals surface area contributed by atoms with Gasteiger partial charge in [0.2, 0.25) is 5.95 Å². The van der Waals surface area contributed by atoms with Crippen LogP contribution in [0.25, 0.3) is 0 Å². The number of rotatable bonds is 7. The molecule has 6 nitrogen and oxygen atoms in total. The monoisotopic (exact) mass is 376 g/mol. The van der Waals surface area contributed by atoms with E-state index in [0.29, 0.717) is 30.4 Å². The molecule has 0 aliphatic heterocycles. The summed E-state index contributed by atoms with van der Waals surface area (Å²) in [6.07, 6.45) is 3.10. The first-order valence-corrected chi connectivity index (χ1v) is 9.17. The van der Waals surface area contributed by atoms with Gasteiger partial charge in [-0.3, -0.25) is 4.79 Å². The Kier molecular flexibility index (Phi) is 6.22. The number of nitrogens with zero attached hydrogens (tertiary/aromatic N) is 3. The van der Waals surface area contributed by atoms with Gasteiger partial charge in [0.1, 0.15) is 5.75 Å². The van der Waals surface area contributed by atoms with Crippen LogP contribution in [-0.2, 0) is 6.54 Å². The summed E-state index contributed by atoms with van der Waals surface area (Å²) in [7, 11) is 1.62. The number of amides is 1. The van der Waals surface area contributed by atoms with Crippen molar-refractivity contribution in [1.82, 2.24) is 14.9 Å². The van der Waals surface area contributed by atoms with Crippen molar-refractivity contribution in [1.29, 1.82) is 0 Å². The summed E-state index contributed by atoms with van der Waals surface area (Å²) >= 11 is 0. The van der Waals surface area contributed by atoms with Crippen molar-refractivity contribution in [2.24, 2.45) is 0 Å². The quantitative estimate of drug-likeness (QED) is 0.669. The van der Waals surface area contributed by atoms with Gasteiger partial charge >= 0.3 is 0 Å². The number of nitrogens with one attached hydrogen (secondary N) is 1. The summed E-state index contributed by atoms with van der Waals surface area (Å²) in [4.78, 5) is 23.2. The zero-order chi connectivity index (χ0) is 19.9. The predicted molar refractivity (Wildman–Crippen MR) is 110 cm³/mol. The largest absolute Gasteiger partial charge is 0.495 e. The Morgan fingerprint density at radius 3 is 2.46 bits per heavy atom. The third-order valence-electron chi connectivity index (χ3n) is 4.39. The molecule has 0 atom stereocenters. The van der Waals surface area contributed by atoms with Crippen molar-refractivity contribution in [3.8, 4) is 5.75 Å². The molecule has 0 radical (unpaired) electrons. The van der Waals surface area contributed by atoms with Crippen LogP contribution in [0.2, 0.25) is 0 Å². The molecule has 6 heteroatoms. The number of carbonyl (C=O) groups excluding carboxylic acids is 1. The van der Waals surface area contributed by atoms with E-state index in [4.69, 9.17) is 4.74 Å². The number of hydrogen-bond donors (Lipinski definition) is 1. The van der Waals surface area contributed by atoms with E-state index >= 15 is 0 Å². The molecular formula is C22H24N4O2. The fraction of sp³-hybridized carbons (Fsp3) is 0.227. The lowest BCUT2D eigenvalue weighted by Gasteiger charge is -2.21. The maximum absolute atomic E-state index is 12.8. The van der Waals surface area contributed by atoms with Crippen molar-refractivity contribution in [3.63, 3.8) is 0 Å². The second kappa shape index (κ2) is 8.99. The second-order valence-corrected chi connectivity index (χ2v) is 6.43. The molecule has 1 amide bonds. The molecule has 0 unspecified atom stereocenters. The van der Waals surface area contributed by atoms with Gasteiger partial charge in [-0.1, -0.05) is 36.4 Å². The molecule has 1 aromatic heterocycles. The lowest BCUT2D eigenvalue weighted by molar-refractivity contribution is 0.0751. The van der Waals surface area contributed by atoms with Crippen molar-refractivity contribution in [2.75, 3.05) is 19.0 Å². The van der Waals surface area contributed by atoms with E-state index in [2.05, 4.69) is 15.3 Å². The maximum atomic E-state index is 12.8. The Bertz CT molecular complexity index is 927. The molecule has 0 saturated carbocycles. The highest BCUT2D eigenvalue weighted by Crippen LogP contribution is 2.27. The van der Waals surface area contributed by atoms with E-state index in [1.54, 1.807) is 24.4 Å². The van der Waals surface area contributed by atoms with Gasteiger partial charge in [-0.25, -0.2) is 9.97 Å². The van der Waals surface area contributed by atoms with Crippen LogP contribution in [0.4, 0.5) is 11.6 Å². The van der Waals surface area contributed by atoms with Crippen molar-refractivity contribution < 1.29 is 9.53 Å². The lowest BCUT2D eigenvalue weighted by Crippen LogP contribution is -2.30. The number of aromatic nitrogens is 2. The van der Waals surface area contributed by atoms with Crippen LogP contribution in [-0.4, -0.2) is 34.4 Å². The van der Waals surface area contributed by atoms with Gasteiger partial charge < -0.3 is 15.0 Å².